The predicted octanol–water partition coefficient (Wildman–Crippen LogP) is 4.63. The Bertz CT molecular complexity index is 1190. The molecule has 0 saturated heterocycles. The van der Waals surface area contributed by atoms with E-state index < -0.39 is 16.0 Å². The Morgan fingerprint density at radius 3 is 2.22 bits per heavy atom. The van der Waals surface area contributed by atoms with Gasteiger partial charge in [0.15, 0.2) is 0 Å². The topological polar surface area (TPSA) is 81.7 Å². The fourth-order valence-electron chi connectivity index (χ4n) is 3.62. The van der Waals surface area contributed by atoms with Gasteiger partial charge in [-0.3, -0.25) is 4.72 Å². The minimum atomic E-state index is -3.97. The first-order valence-electron chi connectivity index (χ1n) is 10.3. The van der Waals surface area contributed by atoms with E-state index in [0.29, 0.717) is 30.6 Å². The van der Waals surface area contributed by atoms with Crippen LogP contribution >= 0.6 is 0 Å². The average Bonchev–Trinajstić information content (AvgIpc) is 2.82. The summed E-state index contributed by atoms with van der Waals surface area (Å²) in [7, 11) is -1.28. The van der Waals surface area contributed by atoms with Crippen LogP contribution in [0.25, 0.3) is 0 Å². The fourth-order valence-corrected chi connectivity index (χ4v) is 4.97. The molecule has 0 radical (unpaired) electrons. The molecule has 7 heteroatoms. The maximum atomic E-state index is 13.3. The number of esters is 1. The van der Waals surface area contributed by atoms with E-state index in [0.717, 1.165) is 11.1 Å². The first-order valence-corrected chi connectivity index (χ1v) is 11.8. The van der Waals surface area contributed by atoms with Gasteiger partial charge in [0, 0.05) is 0 Å². The van der Waals surface area contributed by atoms with Crippen LogP contribution in [0.4, 0.5) is 5.69 Å². The Hall–Kier alpha value is -3.32. The molecule has 6 nitrogen and oxygen atoms in total. The molecule has 0 spiro atoms. The van der Waals surface area contributed by atoms with Crippen LogP contribution in [0, 0.1) is 0 Å². The molecule has 0 aliphatic carbocycles. The fraction of sp³-hybridized carbons (Fsp3) is 0.240. The minimum Gasteiger partial charge on any atom is -0.495 e. The molecule has 3 aromatic carbocycles. The maximum absolute atomic E-state index is 13.3. The van der Waals surface area contributed by atoms with Crippen LogP contribution in [0.2, 0.25) is 0 Å². The van der Waals surface area contributed by atoms with Gasteiger partial charge >= 0.3 is 5.97 Å². The van der Waals surface area contributed by atoms with E-state index in [1.54, 1.807) is 30.3 Å². The van der Waals surface area contributed by atoms with Gasteiger partial charge in [0.25, 0.3) is 10.0 Å². The Morgan fingerprint density at radius 2 is 1.56 bits per heavy atom. The number of carbonyl (C=O) groups is 1. The molecule has 3 aromatic rings. The van der Waals surface area contributed by atoms with Crippen molar-refractivity contribution in [3.05, 3.63) is 89.0 Å². The molecule has 0 aromatic heterocycles. The van der Waals surface area contributed by atoms with Gasteiger partial charge in [-0.2, -0.15) is 0 Å². The van der Waals surface area contributed by atoms with Crippen molar-refractivity contribution in [1.29, 1.82) is 0 Å². The highest BCUT2D eigenvalue weighted by Crippen LogP contribution is 2.33. The van der Waals surface area contributed by atoms with Crippen LogP contribution in [0.15, 0.2) is 71.6 Å². The summed E-state index contributed by atoms with van der Waals surface area (Å²) in [5.74, 6) is -0.371. The third kappa shape index (κ3) is 5.11. The number of aryl methyl sites for hydroxylation is 3. The van der Waals surface area contributed by atoms with Crippen molar-refractivity contribution in [2.24, 2.45) is 0 Å². The summed E-state index contributed by atoms with van der Waals surface area (Å²) in [6.45, 7) is 1.92. The standard InChI is InChI=1S/C25H27NO5S/c1-4-19-16-17-21(23(24(19)30-2)25(27)31-3)26-32(28,29)22-13-9-8-12-20(22)15-14-18-10-6-5-7-11-18/h5-13,16-17,26H,4,14-15H2,1-3H3. The monoisotopic (exact) mass is 453 g/mol. The van der Waals surface area contributed by atoms with Crippen LogP contribution in [0.1, 0.15) is 34.0 Å². The normalized spacial score (nSPS) is 11.1. The molecule has 0 atom stereocenters. The summed E-state index contributed by atoms with van der Waals surface area (Å²) in [6.07, 6.45) is 1.88. The molecule has 0 bridgehead atoms. The van der Waals surface area contributed by atoms with Gasteiger partial charge in [-0.05, 0) is 48.1 Å². The third-order valence-corrected chi connectivity index (χ3v) is 6.71. The van der Waals surface area contributed by atoms with Crippen molar-refractivity contribution in [2.45, 2.75) is 31.1 Å². The summed E-state index contributed by atoms with van der Waals surface area (Å²) in [5.41, 5.74) is 2.77. The van der Waals surface area contributed by atoms with Crippen LogP contribution < -0.4 is 9.46 Å². The molecule has 0 unspecified atom stereocenters. The number of rotatable bonds is 9. The van der Waals surface area contributed by atoms with Gasteiger partial charge in [-0.25, -0.2) is 13.2 Å². The quantitative estimate of drug-likeness (QED) is 0.478. The zero-order valence-corrected chi connectivity index (χ0v) is 19.2. The number of methoxy groups -OCH3 is 2. The average molecular weight is 454 g/mol. The van der Waals surface area contributed by atoms with Gasteiger partial charge in [0.05, 0.1) is 24.8 Å². The van der Waals surface area contributed by atoms with Gasteiger partial charge in [0.1, 0.15) is 11.3 Å². The van der Waals surface area contributed by atoms with Crippen molar-refractivity contribution >= 4 is 21.7 Å². The highest BCUT2D eigenvalue weighted by Gasteiger charge is 2.25. The Kier molecular flexibility index (Phi) is 7.53. The minimum absolute atomic E-state index is 0.0553. The van der Waals surface area contributed by atoms with Crippen LogP contribution in [-0.4, -0.2) is 28.6 Å². The van der Waals surface area contributed by atoms with Crippen LogP contribution in [0.5, 0.6) is 5.75 Å². The van der Waals surface area contributed by atoms with E-state index in [-0.39, 0.29) is 16.1 Å². The predicted molar refractivity (Wildman–Crippen MR) is 125 cm³/mol. The molecule has 0 saturated carbocycles. The Morgan fingerprint density at radius 1 is 0.875 bits per heavy atom. The Labute approximate surface area is 189 Å². The number of anilines is 1. The molecule has 1 N–H and O–H groups in total. The first kappa shape index (κ1) is 23.3. The van der Waals surface area contributed by atoms with Crippen molar-refractivity contribution in [1.82, 2.24) is 0 Å². The maximum Gasteiger partial charge on any atom is 0.343 e. The summed E-state index contributed by atoms with van der Waals surface area (Å²) < 4.78 is 39.6. The molecule has 168 valence electrons. The van der Waals surface area contributed by atoms with Gasteiger partial charge in [-0.15, -0.1) is 0 Å². The molecule has 0 aliphatic rings. The number of sulfonamides is 1. The Balaban J connectivity index is 1.98. The second-order valence-corrected chi connectivity index (χ2v) is 8.88. The molecular weight excluding hydrogens is 426 g/mol. The summed E-state index contributed by atoms with van der Waals surface area (Å²) in [4.78, 5) is 12.7. The number of carbonyl (C=O) groups excluding carboxylic acids is 1. The number of hydrogen-bond acceptors (Lipinski definition) is 5. The molecule has 0 amide bonds. The van der Waals surface area contributed by atoms with E-state index in [2.05, 4.69) is 4.72 Å². The SMILES string of the molecule is CCc1ccc(NS(=O)(=O)c2ccccc2CCc2ccccc2)c(C(=O)OC)c1OC. The van der Waals surface area contributed by atoms with E-state index >= 15 is 0 Å². The lowest BCUT2D eigenvalue weighted by molar-refractivity contribution is 0.0598. The van der Waals surface area contributed by atoms with E-state index in [1.807, 2.05) is 43.3 Å². The first-order chi connectivity index (χ1) is 15.4. The second kappa shape index (κ2) is 10.3. The van der Waals surface area contributed by atoms with E-state index in [1.165, 1.54) is 14.2 Å². The van der Waals surface area contributed by atoms with Crippen LogP contribution in [0.3, 0.4) is 0 Å². The second-order valence-electron chi connectivity index (χ2n) is 7.22. The molecule has 0 fully saturated rings. The number of benzene rings is 3. The van der Waals surface area contributed by atoms with Gasteiger partial charge in [-0.1, -0.05) is 61.5 Å². The zero-order valence-electron chi connectivity index (χ0n) is 18.4. The lowest BCUT2D eigenvalue weighted by Gasteiger charge is -2.18. The van der Waals surface area contributed by atoms with Gasteiger partial charge in [0.2, 0.25) is 0 Å². The third-order valence-electron chi connectivity index (χ3n) is 5.25. The number of hydrogen-bond donors (Lipinski definition) is 1. The molecule has 32 heavy (non-hydrogen) atoms. The zero-order chi connectivity index (χ0) is 23.1. The number of ether oxygens (including phenoxy) is 2. The van der Waals surface area contributed by atoms with Crippen molar-refractivity contribution < 1.29 is 22.7 Å². The van der Waals surface area contributed by atoms with Gasteiger partial charge < -0.3 is 9.47 Å². The highest BCUT2D eigenvalue weighted by atomic mass is 32.2. The molecule has 0 aliphatic heterocycles. The van der Waals surface area contributed by atoms with Crippen LogP contribution in [-0.2, 0) is 34.0 Å². The van der Waals surface area contributed by atoms with Crippen molar-refractivity contribution in [2.75, 3.05) is 18.9 Å². The van der Waals surface area contributed by atoms with E-state index in [4.69, 9.17) is 9.47 Å². The van der Waals surface area contributed by atoms with E-state index in [9.17, 15) is 13.2 Å². The molecule has 0 heterocycles. The lowest BCUT2D eigenvalue weighted by atomic mass is 10.0. The smallest absolute Gasteiger partial charge is 0.343 e. The summed E-state index contributed by atoms with van der Waals surface area (Å²) in [6, 6.07) is 20.1. The highest BCUT2D eigenvalue weighted by molar-refractivity contribution is 7.92. The summed E-state index contributed by atoms with van der Waals surface area (Å²) in [5, 5.41) is 0. The lowest BCUT2D eigenvalue weighted by Crippen LogP contribution is -2.18. The largest absolute Gasteiger partial charge is 0.495 e. The molecule has 3 rings (SSSR count). The molecular formula is C25H27NO5S. The van der Waals surface area contributed by atoms with Crippen molar-refractivity contribution in [3.8, 4) is 5.75 Å². The summed E-state index contributed by atoms with van der Waals surface area (Å²) >= 11 is 0. The number of nitrogens with one attached hydrogen (secondary N) is 1. The van der Waals surface area contributed by atoms with Crippen molar-refractivity contribution in [3.63, 3.8) is 0 Å².